The minimum absolute atomic E-state index is 0.132. The number of rotatable bonds is 9. The second-order valence-electron chi connectivity index (χ2n) is 4.77. The summed E-state index contributed by atoms with van der Waals surface area (Å²) in [4.78, 5) is 13.8. The van der Waals surface area contributed by atoms with E-state index < -0.39 is 0 Å². The van der Waals surface area contributed by atoms with Gasteiger partial charge in [0.05, 0.1) is 19.8 Å². The highest BCUT2D eigenvalue weighted by Gasteiger charge is 2.10. The van der Waals surface area contributed by atoms with E-state index in [2.05, 4.69) is 11.9 Å². The highest BCUT2D eigenvalue weighted by Crippen LogP contribution is 2.30. The summed E-state index contributed by atoms with van der Waals surface area (Å²) in [5.41, 5.74) is 0.662. The Labute approximate surface area is 136 Å². The highest BCUT2D eigenvalue weighted by molar-refractivity contribution is 6.29. The molecule has 22 heavy (non-hydrogen) atoms. The normalized spacial score (nSPS) is 10.4. The lowest BCUT2D eigenvalue weighted by Crippen LogP contribution is -2.30. The Morgan fingerprint density at radius 3 is 2.45 bits per heavy atom. The molecule has 0 atom stereocenters. The number of carbonyl (C=O) groups excluding carboxylic acids is 1. The van der Waals surface area contributed by atoms with Gasteiger partial charge in [0.25, 0.3) is 0 Å². The fraction of sp³-hybridized carbons (Fsp3) is 0.438. The smallest absolute Gasteiger partial charge is 0.238 e. The van der Waals surface area contributed by atoms with E-state index in [-0.39, 0.29) is 12.5 Å². The number of benzene rings is 1. The van der Waals surface area contributed by atoms with E-state index in [1.54, 1.807) is 30.1 Å². The van der Waals surface area contributed by atoms with Crippen LogP contribution in [0.3, 0.4) is 0 Å². The van der Waals surface area contributed by atoms with Crippen molar-refractivity contribution in [2.24, 2.45) is 0 Å². The fourth-order valence-electron chi connectivity index (χ4n) is 1.92. The number of hydrogen-bond donors (Lipinski definition) is 1. The molecule has 0 aliphatic heterocycles. The highest BCUT2D eigenvalue weighted by atomic mass is 35.5. The molecule has 0 spiro atoms. The molecule has 0 aromatic heterocycles. The number of nitrogens with one attached hydrogen (secondary N) is 1. The van der Waals surface area contributed by atoms with Gasteiger partial charge in [-0.15, -0.1) is 0 Å². The molecule has 6 heteroatoms. The molecule has 0 bridgehead atoms. The predicted molar refractivity (Wildman–Crippen MR) is 89.9 cm³/mol. The molecule has 0 saturated heterocycles. The summed E-state index contributed by atoms with van der Waals surface area (Å²) in [5, 5.41) is 3.32. The average molecular weight is 327 g/mol. The number of halogens is 1. The van der Waals surface area contributed by atoms with E-state index in [1.807, 2.05) is 13.8 Å². The third-order valence-electron chi connectivity index (χ3n) is 2.68. The van der Waals surface area contributed by atoms with Crippen molar-refractivity contribution in [2.45, 2.75) is 13.8 Å². The molecule has 1 N–H and O–H groups in total. The van der Waals surface area contributed by atoms with E-state index >= 15 is 0 Å². The first-order valence-corrected chi connectivity index (χ1v) is 7.55. The third-order valence-corrected chi connectivity index (χ3v) is 2.80. The predicted octanol–water partition coefficient (Wildman–Crippen LogP) is 3.11. The first kappa shape index (κ1) is 18.3. The van der Waals surface area contributed by atoms with Gasteiger partial charge in [0, 0.05) is 23.3 Å². The zero-order valence-electron chi connectivity index (χ0n) is 13.3. The van der Waals surface area contributed by atoms with Crippen LogP contribution in [-0.4, -0.2) is 44.2 Å². The van der Waals surface area contributed by atoms with Crippen molar-refractivity contribution < 1.29 is 14.3 Å². The molecule has 0 aliphatic rings. The van der Waals surface area contributed by atoms with Crippen LogP contribution in [0.15, 0.2) is 29.8 Å². The average Bonchev–Trinajstić information content (AvgIpc) is 2.41. The molecule has 1 aromatic carbocycles. The molecule has 1 aromatic rings. The number of likely N-dealkylation sites (N-methyl/N-ethyl adjacent to an activating group) is 1. The Balaban J connectivity index is 2.70. The Kier molecular flexibility index (Phi) is 7.77. The largest absolute Gasteiger partial charge is 0.490 e. The lowest BCUT2D eigenvalue weighted by atomic mass is 10.2. The van der Waals surface area contributed by atoms with E-state index in [9.17, 15) is 4.79 Å². The van der Waals surface area contributed by atoms with Crippen molar-refractivity contribution in [1.82, 2.24) is 4.90 Å². The van der Waals surface area contributed by atoms with Crippen molar-refractivity contribution in [3.63, 3.8) is 0 Å². The van der Waals surface area contributed by atoms with Crippen molar-refractivity contribution >= 4 is 23.2 Å². The molecule has 0 heterocycles. The second-order valence-corrected chi connectivity index (χ2v) is 5.30. The van der Waals surface area contributed by atoms with Gasteiger partial charge < -0.3 is 14.8 Å². The Morgan fingerprint density at radius 2 is 1.86 bits per heavy atom. The number of ether oxygens (including phenoxy) is 2. The monoisotopic (exact) mass is 326 g/mol. The topological polar surface area (TPSA) is 50.8 Å². The van der Waals surface area contributed by atoms with Crippen molar-refractivity contribution in [1.29, 1.82) is 0 Å². The van der Waals surface area contributed by atoms with Crippen LogP contribution in [-0.2, 0) is 4.79 Å². The molecule has 1 rings (SSSR count). The van der Waals surface area contributed by atoms with Gasteiger partial charge in [0.2, 0.25) is 5.91 Å². The molecular formula is C16H23ClN2O3. The summed E-state index contributed by atoms with van der Waals surface area (Å²) in [6.45, 7) is 9.18. The summed E-state index contributed by atoms with van der Waals surface area (Å²) in [5.74, 6) is 1.15. The summed E-state index contributed by atoms with van der Waals surface area (Å²) in [6.07, 6.45) is 0. The molecular weight excluding hydrogens is 304 g/mol. The maximum atomic E-state index is 12.0. The van der Waals surface area contributed by atoms with Crippen molar-refractivity contribution in [2.75, 3.05) is 38.7 Å². The second kappa shape index (κ2) is 9.33. The quantitative estimate of drug-likeness (QED) is 0.757. The summed E-state index contributed by atoms with van der Waals surface area (Å²) >= 11 is 5.72. The molecule has 1 amide bonds. The molecule has 0 aliphatic carbocycles. The van der Waals surface area contributed by atoms with Crippen LogP contribution in [0.5, 0.6) is 11.5 Å². The number of anilines is 1. The van der Waals surface area contributed by atoms with Crippen molar-refractivity contribution in [3.05, 3.63) is 29.8 Å². The van der Waals surface area contributed by atoms with Gasteiger partial charge in [-0.2, -0.15) is 0 Å². The molecule has 0 saturated carbocycles. The van der Waals surface area contributed by atoms with Crippen LogP contribution >= 0.6 is 11.6 Å². The molecule has 0 radical (unpaired) electrons. The Morgan fingerprint density at radius 1 is 1.23 bits per heavy atom. The number of nitrogens with zero attached hydrogens (tertiary/aromatic N) is 1. The van der Waals surface area contributed by atoms with Crippen LogP contribution in [0.2, 0.25) is 0 Å². The van der Waals surface area contributed by atoms with Gasteiger partial charge >= 0.3 is 0 Å². The van der Waals surface area contributed by atoms with E-state index in [0.717, 1.165) is 0 Å². The fourth-order valence-corrected chi connectivity index (χ4v) is 2.13. The molecule has 0 fully saturated rings. The Hall–Kier alpha value is -1.72. The summed E-state index contributed by atoms with van der Waals surface area (Å²) in [6, 6.07) is 5.33. The number of carbonyl (C=O) groups is 1. The standard InChI is InChI=1S/C16H23ClN2O3/c1-5-21-14-8-7-13(9-15(14)22-6-2)18-16(20)11-19(4)10-12(3)17/h7-9H,3,5-6,10-11H2,1-2,4H3,(H,18,20). The lowest BCUT2D eigenvalue weighted by molar-refractivity contribution is -0.116. The zero-order valence-corrected chi connectivity index (χ0v) is 14.1. The van der Waals surface area contributed by atoms with Gasteiger partial charge in [-0.3, -0.25) is 9.69 Å². The third kappa shape index (κ3) is 6.37. The van der Waals surface area contributed by atoms with Crippen LogP contribution in [0.4, 0.5) is 5.69 Å². The van der Waals surface area contributed by atoms with Crippen LogP contribution in [0.25, 0.3) is 0 Å². The van der Waals surface area contributed by atoms with E-state index in [0.29, 0.717) is 42.0 Å². The van der Waals surface area contributed by atoms with Gasteiger partial charge in [-0.1, -0.05) is 18.2 Å². The summed E-state index contributed by atoms with van der Waals surface area (Å²) < 4.78 is 11.0. The van der Waals surface area contributed by atoms with Crippen LogP contribution < -0.4 is 14.8 Å². The summed E-state index contributed by atoms with van der Waals surface area (Å²) in [7, 11) is 1.80. The van der Waals surface area contributed by atoms with Crippen LogP contribution in [0.1, 0.15) is 13.8 Å². The van der Waals surface area contributed by atoms with Crippen LogP contribution in [0, 0.1) is 0 Å². The van der Waals surface area contributed by atoms with Crippen molar-refractivity contribution in [3.8, 4) is 11.5 Å². The first-order chi connectivity index (χ1) is 10.5. The Bertz CT molecular complexity index is 520. The van der Waals surface area contributed by atoms with Gasteiger partial charge in [-0.25, -0.2) is 0 Å². The first-order valence-electron chi connectivity index (χ1n) is 7.17. The lowest BCUT2D eigenvalue weighted by Gasteiger charge is -2.16. The minimum Gasteiger partial charge on any atom is -0.490 e. The van der Waals surface area contributed by atoms with E-state index in [4.69, 9.17) is 21.1 Å². The van der Waals surface area contributed by atoms with Gasteiger partial charge in [0.1, 0.15) is 0 Å². The minimum atomic E-state index is -0.132. The van der Waals surface area contributed by atoms with Gasteiger partial charge in [-0.05, 0) is 33.0 Å². The number of hydrogen-bond acceptors (Lipinski definition) is 4. The van der Waals surface area contributed by atoms with E-state index in [1.165, 1.54) is 0 Å². The zero-order chi connectivity index (χ0) is 16.5. The SMILES string of the molecule is C=C(Cl)CN(C)CC(=O)Nc1ccc(OCC)c(OCC)c1. The molecule has 0 unspecified atom stereocenters. The molecule has 5 nitrogen and oxygen atoms in total. The maximum Gasteiger partial charge on any atom is 0.238 e. The number of amides is 1. The maximum absolute atomic E-state index is 12.0. The van der Waals surface area contributed by atoms with Gasteiger partial charge in [0.15, 0.2) is 11.5 Å². The molecule has 122 valence electrons.